The van der Waals surface area contributed by atoms with E-state index in [2.05, 4.69) is 22.5 Å². The fourth-order valence-corrected chi connectivity index (χ4v) is 6.05. The largest absolute Gasteiger partial charge is 0.488 e. The van der Waals surface area contributed by atoms with Crippen molar-refractivity contribution in [3.63, 3.8) is 0 Å². The number of aliphatic hydroxyl groups is 1. The summed E-state index contributed by atoms with van der Waals surface area (Å²) in [5.74, 6) is 2.06. The van der Waals surface area contributed by atoms with Crippen LogP contribution in [0.4, 0.5) is 10.5 Å². The lowest BCUT2D eigenvalue weighted by molar-refractivity contribution is -0.134. The summed E-state index contributed by atoms with van der Waals surface area (Å²) in [5.41, 5.74) is 2.43. The van der Waals surface area contributed by atoms with Crippen LogP contribution in [0.3, 0.4) is 0 Å². The minimum Gasteiger partial charge on any atom is -0.488 e. The van der Waals surface area contributed by atoms with Gasteiger partial charge in [0.25, 0.3) is 0 Å². The van der Waals surface area contributed by atoms with Crippen molar-refractivity contribution in [3.05, 3.63) is 47.5 Å². The molecular formula is C32H44N4O6. The Balaban J connectivity index is 1.33. The van der Waals surface area contributed by atoms with Crippen molar-refractivity contribution in [2.24, 2.45) is 5.92 Å². The number of amides is 3. The molecule has 10 nitrogen and oxygen atoms in total. The molecule has 2 aliphatic heterocycles. The van der Waals surface area contributed by atoms with Gasteiger partial charge in [0.1, 0.15) is 11.9 Å². The van der Waals surface area contributed by atoms with Gasteiger partial charge in [-0.1, -0.05) is 32.3 Å². The molecule has 3 N–H and O–H groups in total. The Hall–Kier alpha value is -3.50. The maximum Gasteiger partial charge on any atom is 0.319 e. The molecule has 0 unspecified atom stereocenters. The minimum atomic E-state index is -0.323. The Labute approximate surface area is 248 Å². The maximum atomic E-state index is 13.5. The van der Waals surface area contributed by atoms with E-state index < -0.39 is 0 Å². The van der Waals surface area contributed by atoms with Gasteiger partial charge >= 0.3 is 6.03 Å². The second kappa shape index (κ2) is 13.6. The molecule has 3 aliphatic rings. The average molecular weight is 581 g/mol. The summed E-state index contributed by atoms with van der Waals surface area (Å²) in [6.45, 7) is 5.83. The van der Waals surface area contributed by atoms with Crippen LogP contribution in [-0.4, -0.2) is 78.6 Å². The summed E-state index contributed by atoms with van der Waals surface area (Å²) >= 11 is 0. The third kappa shape index (κ3) is 7.46. The number of benzene rings is 2. The predicted molar refractivity (Wildman–Crippen MR) is 160 cm³/mol. The fraction of sp³-hybridized carbons (Fsp3) is 0.562. The Bertz CT molecular complexity index is 1250. The number of carbonyl (C=O) groups is 2. The SMILES string of the molecule is C[C@H]1CN([C@@H](C)CO)C(=O)Cc2cc(NC(=O)NC3CCCCC3)ccc2O[C@H]1CN(C)Cc1ccc2c(c1)OCO2. The number of hydrogen-bond acceptors (Lipinski definition) is 7. The highest BCUT2D eigenvalue weighted by atomic mass is 16.7. The molecule has 0 radical (unpaired) electrons. The van der Waals surface area contributed by atoms with Crippen molar-refractivity contribution in [3.8, 4) is 17.2 Å². The molecule has 0 bridgehead atoms. The Kier molecular flexibility index (Phi) is 9.74. The fourth-order valence-electron chi connectivity index (χ4n) is 6.05. The third-order valence-corrected chi connectivity index (χ3v) is 8.50. The van der Waals surface area contributed by atoms with Gasteiger partial charge in [-0.05, 0) is 62.7 Å². The van der Waals surface area contributed by atoms with E-state index in [-0.39, 0.29) is 55.9 Å². The van der Waals surface area contributed by atoms with E-state index in [9.17, 15) is 14.7 Å². The Morgan fingerprint density at radius 2 is 1.86 bits per heavy atom. The van der Waals surface area contributed by atoms with Crippen LogP contribution in [0.5, 0.6) is 17.2 Å². The van der Waals surface area contributed by atoms with Crippen LogP contribution in [0.25, 0.3) is 0 Å². The van der Waals surface area contributed by atoms with Gasteiger partial charge in [-0.25, -0.2) is 4.79 Å². The van der Waals surface area contributed by atoms with Crippen LogP contribution < -0.4 is 24.8 Å². The molecule has 10 heteroatoms. The second-order valence-corrected chi connectivity index (χ2v) is 12.0. The molecule has 2 aromatic rings. The van der Waals surface area contributed by atoms with E-state index in [4.69, 9.17) is 14.2 Å². The molecule has 1 aliphatic carbocycles. The van der Waals surface area contributed by atoms with Crippen LogP contribution >= 0.6 is 0 Å². The van der Waals surface area contributed by atoms with E-state index in [1.807, 2.05) is 50.4 Å². The number of urea groups is 1. The standard InChI is InChI=1S/C32H44N4O6/c1-21-16-36(22(2)19-37)31(38)15-24-14-26(34-32(39)33-25-7-5-4-6-8-25)10-12-27(24)42-30(21)18-35(3)17-23-9-11-28-29(13-23)41-20-40-28/h9-14,21-22,25,30,37H,4-8,15-20H2,1-3H3,(H2,33,34,39)/t21-,22-,30-/m0/s1. The number of nitrogens with zero attached hydrogens (tertiary/aromatic N) is 2. The number of anilines is 1. The van der Waals surface area contributed by atoms with Crippen LogP contribution in [0.1, 0.15) is 57.1 Å². The topological polar surface area (TPSA) is 113 Å². The summed E-state index contributed by atoms with van der Waals surface area (Å²) in [7, 11) is 2.05. The molecular weight excluding hydrogens is 536 g/mol. The van der Waals surface area contributed by atoms with E-state index >= 15 is 0 Å². The summed E-state index contributed by atoms with van der Waals surface area (Å²) in [4.78, 5) is 30.2. The van der Waals surface area contributed by atoms with Gasteiger partial charge in [0, 0.05) is 42.8 Å². The molecule has 0 spiro atoms. The predicted octanol–water partition coefficient (Wildman–Crippen LogP) is 4.15. The first kappa shape index (κ1) is 30.0. The average Bonchev–Trinajstić information content (AvgIpc) is 3.45. The zero-order valence-corrected chi connectivity index (χ0v) is 24.9. The van der Waals surface area contributed by atoms with Gasteiger partial charge < -0.3 is 34.9 Å². The maximum absolute atomic E-state index is 13.5. The molecule has 5 rings (SSSR count). The number of carbonyl (C=O) groups excluding carboxylic acids is 2. The first-order valence-corrected chi connectivity index (χ1v) is 15.1. The zero-order chi connectivity index (χ0) is 29.6. The lowest BCUT2D eigenvalue weighted by atomic mass is 9.96. The van der Waals surface area contributed by atoms with Crippen LogP contribution in [0.15, 0.2) is 36.4 Å². The quantitative estimate of drug-likeness (QED) is 0.430. The highest BCUT2D eigenvalue weighted by Crippen LogP contribution is 2.33. The first-order chi connectivity index (χ1) is 20.3. The molecule has 42 heavy (non-hydrogen) atoms. The molecule has 3 atom stereocenters. The highest BCUT2D eigenvalue weighted by molar-refractivity contribution is 5.90. The summed E-state index contributed by atoms with van der Waals surface area (Å²) in [6.07, 6.45) is 5.39. The van der Waals surface area contributed by atoms with Crippen LogP contribution in [-0.2, 0) is 17.8 Å². The first-order valence-electron chi connectivity index (χ1n) is 15.1. The van der Waals surface area contributed by atoms with Crippen molar-refractivity contribution in [1.29, 1.82) is 0 Å². The Morgan fingerprint density at radius 3 is 2.64 bits per heavy atom. The number of likely N-dealkylation sites (N-methyl/N-ethyl adjacent to an activating group) is 1. The van der Waals surface area contributed by atoms with Gasteiger partial charge in [0.05, 0.1) is 19.1 Å². The lowest BCUT2D eigenvalue weighted by Crippen LogP contribution is -2.47. The molecule has 2 aromatic carbocycles. The van der Waals surface area contributed by atoms with E-state index in [0.717, 1.165) is 42.7 Å². The smallest absolute Gasteiger partial charge is 0.319 e. The van der Waals surface area contributed by atoms with Crippen molar-refractivity contribution in [2.75, 3.05) is 38.9 Å². The van der Waals surface area contributed by atoms with Crippen LogP contribution in [0, 0.1) is 5.92 Å². The van der Waals surface area contributed by atoms with E-state index in [1.165, 1.54) is 6.42 Å². The van der Waals surface area contributed by atoms with Gasteiger partial charge in [-0.3, -0.25) is 9.69 Å². The number of hydrogen-bond donors (Lipinski definition) is 3. The number of ether oxygens (including phenoxy) is 3. The van der Waals surface area contributed by atoms with Crippen molar-refractivity contribution in [1.82, 2.24) is 15.1 Å². The third-order valence-electron chi connectivity index (χ3n) is 8.50. The monoisotopic (exact) mass is 580 g/mol. The molecule has 0 saturated heterocycles. The number of fused-ring (bicyclic) bond motifs is 2. The number of aliphatic hydroxyl groups excluding tert-OH is 1. The Morgan fingerprint density at radius 1 is 1.10 bits per heavy atom. The van der Waals surface area contributed by atoms with E-state index in [1.54, 1.807) is 4.90 Å². The van der Waals surface area contributed by atoms with E-state index in [0.29, 0.717) is 36.6 Å². The van der Waals surface area contributed by atoms with Gasteiger partial charge in [-0.15, -0.1) is 0 Å². The zero-order valence-electron chi connectivity index (χ0n) is 24.9. The van der Waals surface area contributed by atoms with Crippen LogP contribution in [0.2, 0.25) is 0 Å². The number of rotatable bonds is 8. The molecule has 1 saturated carbocycles. The van der Waals surface area contributed by atoms with Gasteiger partial charge in [0.2, 0.25) is 12.7 Å². The van der Waals surface area contributed by atoms with Crippen molar-refractivity contribution >= 4 is 17.6 Å². The molecule has 0 aromatic heterocycles. The van der Waals surface area contributed by atoms with Crippen molar-refractivity contribution in [2.45, 2.75) is 77.1 Å². The molecule has 1 fully saturated rings. The number of nitrogens with one attached hydrogen (secondary N) is 2. The van der Waals surface area contributed by atoms with Gasteiger partial charge in [-0.2, -0.15) is 0 Å². The lowest BCUT2D eigenvalue weighted by Gasteiger charge is -2.34. The molecule has 2 heterocycles. The normalized spacial score (nSPS) is 21.5. The highest BCUT2D eigenvalue weighted by Gasteiger charge is 2.31. The van der Waals surface area contributed by atoms with Crippen molar-refractivity contribution < 1.29 is 28.9 Å². The minimum absolute atomic E-state index is 0.00724. The summed E-state index contributed by atoms with van der Waals surface area (Å²) < 4.78 is 17.6. The summed E-state index contributed by atoms with van der Waals surface area (Å²) in [5, 5.41) is 16.0. The van der Waals surface area contributed by atoms with Gasteiger partial charge in [0.15, 0.2) is 11.5 Å². The molecule has 3 amide bonds. The molecule has 228 valence electrons. The summed E-state index contributed by atoms with van der Waals surface area (Å²) in [6, 6.07) is 11.1. The second-order valence-electron chi connectivity index (χ2n) is 12.0.